The summed E-state index contributed by atoms with van der Waals surface area (Å²) in [6.07, 6.45) is 3.52. The Morgan fingerprint density at radius 1 is 1.25 bits per heavy atom. The average molecular weight is 370 g/mol. The molecule has 7 heteroatoms. The van der Waals surface area contributed by atoms with E-state index in [0.717, 1.165) is 24.2 Å². The molecule has 5 nitrogen and oxygen atoms in total. The minimum absolute atomic E-state index is 0.0642. The topological polar surface area (TPSA) is 59.2 Å². The Bertz CT molecular complexity index is 688. The van der Waals surface area contributed by atoms with Crippen molar-refractivity contribution in [2.75, 3.05) is 7.05 Å². The number of benzene rings is 1. The highest BCUT2D eigenvalue weighted by molar-refractivity contribution is 6.42. The first-order valence-electron chi connectivity index (χ1n) is 7.99. The molecule has 0 spiro atoms. The summed E-state index contributed by atoms with van der Waals surface area (Å²) < 4.78 is 5.17. The monoisotopic (exact) mass is 369 g/mol. The van der Waals surface area contributed by atoms with E-state index >= 15 is 0 Å². The molecule has 1 heterocycles. The number of carbonyl (C=O) groups is 1. The van der Waals surface area contributed by atoms with Gasteiger partial charge in [0.1, 0.15) is 0 Å². The lowest BCUT2D eigenvalue weighted by Crippen LogP contribution is -2.26. The molecule has 0 saturated heterocycles. The minimum atomic E-state index is 0.0642. The van der Waals surface area contributed by atoms with E-state index in [1.807, 2.05) is 6.07 Å². The molecular weight excluding hydrogens is 349 g/mol. The van der Waals surface area contributed by atoms with Gasteiger partial charge in [0, 0.05) is 32.9 Å². The predicted octanol–water partition coefficient (Wildman–Crippen LogP) is 4.31. The van der Waals surface area contributed by atoms with Crippen LogP contribution in [0.1, 0.15) is 43.5 Å². The third-order valence-corrected chi connectivity index (χ3v) is 4.33. The molecule has 2 rings (SSSR count). The first kappa shape index (κ1) is 18.7. The number of amides is 1. The van der Waals surface area contributed by atoms with Gasteiger partial charge in [0.05, 0.1) is 10.0 Å². The Balaban J connectivity index is 1.77. The van der Waals surface area contributed by atoms with Crippen LogP contribution in [0.3, 0.4) is 0 Å². The van der Waals surface area contributed by atoms with Crippen molar-refractivity contribution in [3.05, 3.63) is 45.5 Å². The molecule has 0 saturated carbocycles. The number of hydrogen-bond acceptors (Lipinski definition) is 4. The smallest absolute Gasteiger partial charge is 0.226 e. The summed E-state index contributed by atoms with van der Waals surface area (Å²) in [6.45, 7) is 2.56. The number of carbonyl (C=O) groups excluding carboxylic acids is 1. The van der Waals surface area contributed by atoms with E-state index in [1.165, 1.54) is 0 Å². The first-order valence-corrected chi connectivity index (χ1v) is 8.74. The first-order chi connectivity index (χ1) is 11.5. The normalized spacial score (nSPS) is 10.8. The second-order valence-electron chi connectivity index (χ2n) is 5.71. The van der Waals surface area contributed by atoms with Crippen molar-refractivity contribution in [1.29, 1.82) is 0 Å². The van der Waals surface area contributed by atoms with Gasteiger partial charge in [0.15, 0.2) is 5.82 Å². The van der Waals surface area contributed by atoms with Gasteiger partial charge in [-0.25, -0.2) is 0 Å². The van der Waals surface area contributed by atoms with Gasteiger partial charge < -0.3 is 9.42 Å². The molecule has 0 unspecified atom stereocenters. The lowest BCUT2D eigenvalue weighted by atomic mass is 10.2. The highest BCUT2D eigenvalue weighted by Gasteiger charge is 2.12. The van der Waals surface area contributed by atoms with Crippen molar-refractivity contribution in [1.82, 2.24) is 15.0 Å². The largest absolute Gasteiger partial charge is 0.341 e. The zero-order valence-corrected chi connectivity index (χ0v) is 15.4. The van der Waals surface area contributed by atoms with E-state index in [4.69, 9.17) is 27.7 Å². The Labute approximate surface area is 151 Å². The van der Waals surface area contributed by atoms with Gasteiger partial charge in [0.2, 0.25) is 11.8 Å². The van der Waals surface area contributed by atoms with Gasteiger partial charge in [-0.15, -0.1) is 0 Å². The summed E-state index contributed by atoms with van der Waals surface area (Å²) in [4.78, 5) is 18.2. The van der Waals surface area contributed by atoms with Crippen molar-refractivity contribution in [3.63, 3.8) is 0 Å². The average Bonchev–Trinajstić information content (AvgIpc) is 2.98. The minimum Gasteiger partial charge on any atom is -0.341 e. The van der Waals surface area contributed by atoms with Gasteiger partial charge >= 0.3 is 0 Å². The molecule has 0 N–H and O–H groups in total. The Morgan fingerprint density at radius 3 is 2.75 bits per heavy atom. The fourth-order valence-corrected chi connectivity index (χ4v) is 2.62. The SMILES string of the molecule is CCCc1noc(CCCC(=O)N(C)Cc2ccc(Cl)c(Cl)c2)n1. The third-order valence-electron chi connectivity index (χ3n) is 3.59. The Hall–Kier alpha value is -1.59. The molecule has 0 bridgehead atoms. The Morgan fingerprint density at radius 2 is 2.04 bits per heavy atom. The standard InChI is InChI=1S/C17H21Cl2N3O2/c1-3-5-15-20-16(24-21-15)6-4-7-17(23)22(2)11-12-8-9-13(18)14(19)10-12/h8-10H,3-7,11H2,1-2H3. The molecule has 0 atom stereocenters. The van der Waals surface area contributed by atoms with Crippen LogP contribution in [0.2, 0.25) is 10.0 Å². The van der Waals surface area contributed by atoms with Crippen molar-refractivity contribution in [2.24, 2.45) is 0 Å². The third kappa shape index (κ3) is 5.49. The summed E-state index contributed by atoms with van der Waals surface area (Å²) in [5.41, 5.74) is 0.946. The van der Waals surface area contributed by atoms with Crippen LogP contribution in [0.15, 0.2) is 22.7 Å². The fourth-order valence-electron chi connectivity index (χ4n) is 2.30. The van der Waals surface area contributed by atoms with Gasteiger partial charge in [-0.05, 0) is 30.5 Å². The maximum Gasteiger partial charge on any atom is 0.226 e. The number of aryl methyl sites for hydroxylation is 2. The van der Waals surface area contributed by atoms with E-state index in [1.54, 1.807) is 24.1 Å². The predicted molar refractivity (Wildman–Crippen MR) is 94.2 cm³/mol. The van der Waals surface area contributed by atoms with Gasteiger partial charge in [-0.3, -0.25) is 4.79 Å². The number of rotatable bonds is 8. The molecule has 130 valence electrons. The summed E-state index contributed by atoms with van der Waals surface area (Å²) in [5.74, 6) is 1.39. The molecular formula is C17H21Cl2N3O2. The highest BCUT2D eigenvalue weighted by atomic mass is 35.5. The summed E-state index contributed by atoms with van der Waals surface area (Å²) in [7, 11) is 1.77. The second-order valence-corrected chi connectivity index (χ2v) is 6.52. The molecule has 24 heavy (non-hydrogen) atoms. The molecule has 0 fully saturated rings. The Kier molecular flexibility index (Phi) is 7.06. The molecule has 0 aliphatic rings. The van der Waals surface area contributed by atoms with E-state index in [-0.39, 0.29) is 5.91 Å². The van der Waals surface area contributed by atoms with Gasteiger partial charge in [-0.2, -0.15) is 4.98 Å². The summed E-state index contributed by atoms with van der Waals surface area (Å²) >= 11 is 11.9. The second kappa shape index (κ2) is 9.04. The molecule has 0 aliphatic heterocycles. The number of hydrogen-bond donors (Lipinski definition) is 0. The molecule has 0 aliphatic carbocycles. The maximum absolute atomic E-state index is 12.2. The fraction of sp³-hybridized carbons (Fsp3) is 0.471. The van der Waals surface area contributed by atoms with Crippen molar-refractivity contribution in [2.45, 2.75) is 45.6 Å². The molecule has 2 aromatic rings. The highest BCUT2D eigenvalue weighted by Crippen LogP contribution is 2.23. The lowest BCUT2D eigenvalue weighted by Gasteiger charge is -2.17. The van der Waals surface area contributed by atoms with E-state index in [2.05, 4.69) is 17.1 Å². The molecule has 1 aromatic heterocycles. The van der Waals surface area contributed by atoms with Crippen LogP contribution >= 0.6 is 23.2 Å². The van der Waals surface area contributed by atoms with Crippen LogP contribution in [0.25, 0.3) is 0 Å². The van der Waals surface area contributed by atoms with Crippen LogP contribution in [0, 0.1) is 0 Å². The van der Waals surface area contributed by atoms with Crippen LogP contribution < -0.4 is 0 Å². The zero-order valence-electron chi connectivity index (χ0n) is 13.9. The molecule has 0 radical (unpaired) electrons. The summed E-state index contributed by atoms with van der Waals surface area (Å²) in [5, 5.41) is 4.91. The van der Waals surface area contributed by atoms with Gasteiger partial charge in [-0.1, -0.05) is 41.3 Å². The van der Waals surface area contributed by atoms with Crippen molar-refractivity contribution in [3.8, 4) is 0 Å². The van der Waals surface area contributed by atoms with Crippen molar-refractivity contribution < 1.29 is 9.32 Å². The lowest BCUT2D eigenvalue weighted by molar-refractivity contribution is -0.130. The van der Waals surface area contributed by atoms with Crippen molar-refractivity contribution >= 4 is 29.1 Å². The van der Waals surface area contributed by atoms with Gasteiger partial charge in [0.25, 0.3) is 0 Å². The maximum atomic E-state index is 12.2. The van der Waals surface area contributed by atoms with Crippen LogP contribution in [0.4, 0.5) is 0 Å². The number of nitrogens with zero attached hydrogens (tertiary/aromatic N) is 3. The number of halogens is 2. The van der Waals surface area contributed by atoms with Crippen LogP contribution in [-0.4, -0.2) is 28.0 Å². The molecule has 1 amide bonds. The zero-order chi connectivity index (χ0) is 17.5. The van der Waals surface area contributed by atoms with E-state index in [0.29, 0.717) is 41.7 Å². The van der Waals surface area contributed by atoms with Crippen LogP contribution in [-0.2, 0) is 24.2 Å². The van der Waals surface area contributed by atoms with E-state index in [9.17, 15) is 4.79 Å². The quantitative estimate of drug-likeness (QED) is 0.695. The number of aromatic nitrogens is 2. The van der Waals surface area contributed by atoms with E-state index < -0.39 is 0 Å². The van der Waals surface area contributed by atoms with Crippen LogP contribution in [0.5, 0.6) is 0 Å². The summed E-state index contributed by atoms with van der Waals surface area (Å²) in [6, 6.07) is 5.38. The molecule has 1 aromatic carbocycles.